The first-order valence-electron chi connectivity index (χ1n) is 6.55. The van der Waals surface area contributed by atoms with Crippen LogP contribution in [-0.2, 0) is 13.6 Å². The number of hydrogen-bond donors (Lipinski definition) is 1. The molecule has 0 saturated heterocycles. The molecule has 0 fully saturated rings. The van der Waals surface area contributed by atoms with Crippen LogP contribution >= 0.6 is 0 Å². The van der Waals surface area contributed by atoms with E-state index in [0.29, 0.717) is 0 Å². The monoisotopic (exact) mass is 259 g/mol. The molecule has 0 saturated carbocycles. The van der Waals surface area contributed by atoms with E-state index in [2.05, 4.69) is 29.2 Å². The molecule has 2 rings (SSSR count). The van der Waals surface area contributed by atoms with Gasteiger partial charge in [-0.1, -0.05) is 30.3 Å². The Kier molecular flexibility index (Phi) is 4.71. The molecule has 1 aromatic heterocycles. The lowest BCUT2D eigenvalue weighted by molar-refractivity contribution is 0.177. The van der Waals surface area contributed by atoms with Crippen molar-refractivity contribution in [2.24, 2.45) is 7.05 Å². The van der Waals surface area contributed by atoms with Crippen LogP contribution in [0.5, 0.6) is 0 Å². The molecule has 2 aromatic rings. The van der Waals surface area contributed by atoms with Crippen LogP contribution in [0.25, 0.3) is 0 Å². The molecule has 0 radical (unpaired) electrons. The SMILES string of the molecule is CN(Cc1ccnn1C)C(CCO)c1ccccc1. The maximum absolute atomic E-state index is 9.28. The summed E-state index contributed by atoms with van der Waals surface area (Å²) >= 11 is 0. The van der Waals surface area contributed by atoms with Gasteiger partial charge in [0.2, 0.25) is 0 Å². The molecule has 1 atom stereocenters. The summed E-state index contributed by atoms with van der Waals surface area (Å²) in [4.78, 5) is 2.25. The quantitative estimate of drug-likeness (QED) is 0.862. The van der Waals surface area contributed by atoms with Crippen molar-refractivity contribution in [2.45, 2.75) is 19.0 Å². The number of aryl methyl sites for hydroxylation is 1. The average Bonchev–Trinajstić information content (AvgIpc) is 2.82. The fourth-order valence-electron chi connectivity index (χ4n) is 2.36. The van der Waals surface area contributed by atoms with Crippen molar-refractivity contribution in [1.82, 2.24) is 14.7 Å². The van der Waals surface area contributed by atoms with Gasteiger partial charge in [0.15, 0.2) is 0 Å². The Morgan fingerprint density at radius 1 is 1.26 bits per heavy atom. The third kappa shape index (κ3) is 3.43. The van der Waals surface area contributed by atoms with Gasteiger partial charge in [0.1, 0.15) is 0 Å². The van der Waals surface area contributed by atoms with Crippen molar-refractivity contribution < 1.29 is 5.11 Å². The fourth-order valence-corrected chi connectivity index (χ4v) is 2.36. The van der Waals surface area contributed by atoms with Crippen LogP contribution < -0.4 is 0 Å². The van der Waals surface area contributed by atoms with Gasteiger partial charge < -0.3 is 5.11 Å². The lowest BCUT2D eigenvalue weighted by Crippen LogP contribution is -2.26. The number of aliphatic hydroxyl groups is 1. The van der Waals surface area contributed by atoms with Crippen LogP contribution in [0.3, 0.4) is 0 Å². The van der Waals surface area contributed by atoms with E-state index in [4.69, 9.17) is 0 Å². The summed E-state index contributed by atoms with van der Waals surface area (Å²) in [5.74, 6) is 0. The van der Waals surface area contributed by atoms with Gasteiger partial charge in [-0.2, -0.15) is 5.10 Å². The molecule has 0 aliphatic rings. The van der Waals surface area contributed by atoms with Crippen molar-refractivity contribution in [1.29, 1.82) is 0 Å². The zero-order valence-electron chi connectivity index (χ0n) is 11.5. The zero-order valence-corrected chi connectivity index (χ0v) is 11.5. The van der Waals surface area contributed by atoms with Gasteiger partial charge in [0, 0.05) is 32.4 Å². The molecular weight excluding hydrogens is 238 g/mol. The van der Waals surface area contributed by atoms with Gasteiger partial charge in [-0.05, 0) is 25.1 Å². The molecule has 0 aliphatic heterocycles. The minimum atomic E-state index is 0.190. The number of nitrogens with zero attached hydrogens (tertiary/aromatic N) is 3. The third-order valence-electron chi connectivity index (χ3n) is 3.45. The van der Waals surface area contributed by atoms with Crippen LogP contribution in [0.4, 0.5) is 0 Å². The van der Waals surface area contributed by atoms with E-state index in [0.717, 1.165) is 13.0 Å². The number of aliphatic hydroxyl groups excluding tert-OH is 1. The maximum atomic E-state index is 9.28. The molecule has 1 aromatic carbocycles. The van der Waals surface area contributed by atoms with Crippen LogP contribution in [0.1, 0.15) is 23.7 Å². The highest BCUT2D eigenvalue weighted by atomic mass is 16.3. The van der Waals surface area contributed by atoms with Gasteiger partial charge in [-0.15, -0.1) is 0 Å². The number of benzene rings is 1. The Bertz CT molecular complexity index is 495. The largest absolute Gasteiger partial charge is 0.396 e. The Morgan fingerprint density at radius 3 is 2.58 bits per heavy atom. The van der Waals surface area contributed by atoms with Crippen molar-refractivity contribution in [3.8, 4) is 0 Å². The normalized spacial score (nSPS) is 12.8. The van der Waals surface area contributed by atoms with Gasteiger partial charge in [-0.25, -0.2) is 0 Å². The Labute approximate surface area is 114 Å². The maximum Gasteiger partial charge on any atom is 0.0521 e. The lowest BCUT2D eigenvalue weighted by Gasteiger charge is -2.28. The molecule has 4 heteroatoms. The first-order valence-corrected chi connectivity index (χ1v) is 6.55. The molecule has 19 heavy (non-hydrogen) atoms. The summed E-state index contributed by atoms with van der Waals surface area (Å²) in [6.45, 7) is 1.01. The molecule has 0 bridgehead atoms. The zero-order chi connectivity index (χ0) is 13.7. The van der Waals surface area contributed by atoms with E-state index >= 15 is 0 Å². The van der Waals surface area contributed by atoms with E-state index in [1.165, 1.54) is 11.3 Å². The molecule has 102 valence electrons. The summed E-state index contributed by atoms with van der Waals surface area (Å²) in [5.41, 5.74) is 2.41. The Balaban J connectivity index is 2.13. The van der Waals surface area contributed by atoms with E-state index in [1.807, 2.05) is 42.2 Å². The van der Waals surface area contributed by atoms with Crippen molar-refractivity contribution >= 4 is 0 Å². The highest BCUT2D eigenvalue weighted by molar-refractivity contribution is 5.19. The van der Waals surface area contributed by atoms with Crippen molar-refractivity contribution in [3.63, 3.8) is 0 Å². The Morgan fingerprint density at radius 2 is 2.00 bits per heavy atom. The predicted octanol–water partition coefficient (Wildman–Crippen LogP) is 1.98. The molecular formula is C15H21N3O. The second-order valence-corrected chi connectivity index (χ2v) is 4.80. The number of aromatic nitrogens is 2. The number of hydrogen-bond acceptors (Lipinski definition) is 3. The van der Waals surface area contributed by atoms with Crippen molar-refractivity contribution in [3.05, 3.63) is 53.9 Å². The number of rotatable bonds is 6. The summed E-state index contributed by atoms with van der Waals surface area (Å²) in [5, 5.41) is 13.5. The van der Waals surface area contributed by atoms with Gasteiger partial charge in [0.25, 0.3) is 0 Å². The molecule has 1 heterocycles. The first-order chi connectivity index (χ1) is 9.22. The van der Waals surface area contributed by atoms with E-state index in [9.17, 15) is 5.11 Å². The third-order valence-corrected chi connectivity index (χ3v) is 3.45. The fraction of sp³-hybridized carbons (Fsp3) is 0.400. The molecule has 0 amide bonds. The molecule has 4 nitrogen and oxygen atoms in total. The van der Waals surface area contributed by atoms with Crippen LogP contribution in [-0.4, -0.2) is 33.4 Å². The van der Waals surface area contributed by atoms with E-state index in [-0.39, 0.29) is 12.6 Å². The van der Waals surface area contributed by atoms with Crippen LogP contribution in [0.2, 0.25) is 0 Å². The summed E-state index contributed by atoms with van der Waals surface area (Å²) in [6, 6.07) is 12.6. The second-order valence-electron chi connectivity index (χ2n) is 4.80. The second kappa shape index (κ2) is 6.50. The van der Waals surface area contributed by atoms with E-state index < -0.39 is 0 Å². The molecule has 1 N–H and O–H groups in total. The van der Waals surface area contributed by atoms with Gasteiger partial charge >= 0.3 is 0 Å². The highest BCUT2D eigenvalue weighted by Gasteiger charge is 2.17. The smallest absolute Gasteiger partial charge is 0.0521 e. The lowest BCUT2D eigenvalue weighted by atomic mass is 10.0. The standard InChI is InChI=1S/C15H21N3O/c1-17(12-14-8-10-16-18(14)2)15(9-11-19)13-6-4-3-5-7-13/h3-8,10,15,19H,9,11-12H2,1-2H3. The van der Waals surface area contributed by atoms with Crippen LogP contribution in [0, 0.1) is 0 Å². The average molecular weight is 259 g/mol. The summed E-state index contributed by atoms with van der Waals surface area (Å²) in [6.07, 6.45) is 2.55. The van der Waals surface area contributed by atoms with Gasteiger partial charge in [-0.3, -0.25) is 9.58 Å². The highest BCUT2D eigenvalue weighted by Crippen LogP contribution is 2.24. The molecule has 0 spiro atoms. The van der Waals surface area contributed by atoms with Crippen LogP contribution in [0.15, 0.2) is 42.6 Å². The topological polar surface area (TPSA) is 41.3 Å². The Hall–Kier alpha value is -1.65. The minimum absolute atomic E-state index is 0.190. The van der Waals surface area contributed by atoms with Crippen molar-refractivity contribution in [2.75, 3.05) is 13.7 Å². The molecule has 0 aliphatic carbocycles. The van der Waals surface area contributed by atoms with Gasteiger partial charge in [0.05, 0.1) is 5.69 Å². The first kappa shape index (κ1) is 13.8. The summed E-state index contributed by atoms with van der Waals surface area (Å²) < 4.78 is 1.89. The molecule has 1 unspecified atom stereocenters. The minimum Gasteiger partial charge on any atom is -0.396 e. The predicted molar refractivity (Wildman–Crippen MR) is 75.6 cm³/mol. The van der Waals surface area contributed by atoms with E-state index in [1.54, 1.807) is 0 Å². The summed E-state index contributed by atoms with van der Waals surface area (Å²) in [7, 11) is 4.03.